The summed E-state index contributed by atoms with van der Waals surface area (Å²) in [4.78, 5) is 10.8. The Morgan fingerprint density at radius 1 is 0.267 bits per heavy atom. The molecule has 0 radical (unpaired) electrons. The van der Waals surface area contributed by atoms with Crippen molar-refractivity contribution in [3.05, 3.63) is 142 Å². The normalized spacial score (nSPS) is 14.4. The Hall–Kier alpha value is -3.10. The topological polar surface area (TPSA) is 13.0 Å². The number of nitrogens with zero attached hydrogens (tertiary/aromatic N) is 4. The van der Waals surface area contributed by atoms with Gasteiger partial charge in [0.25, 0.3) is 0 Å². The summed E-state index contributed by atoms with van der Waals surface area (Å²) in [6, 6.07) is 28.3. The Kier molecular flexibility index (Phi) is 15.1. The minimum atomic E-state index is -1.29. The van der Waals surface area contributed by atoms with Crippen molar-refractivity contribution in [3.8, 4) is 0 Å². The van der Waals surface area contributed by atoms with Gasteiger partial charge in [0.2, 0.25) is 0 Å². The number of rotatable bonds is 12. The zero-order valence-electron chi connectivity index (χ0n) is 39.6. The molecule has 4 aromatic rings. The van der Waals surface area contributed by atoms with Crippen LogP contribution in [0.5, 0.6) is 0 Å². The number of anilines is 4. The molecule has 2 aliphatic rings. The van der Waals surface area contributed by atoms with Crippen LogP contribution in [-0.2, 0) is 0 Å². The van der Waals surface area contributed by atoms with E-state index in [0.29, 0.717) is 47.3 Å². The second kappa shape index (κ2) is 19.5. The van der Waals surface area contributed by atoms with E-state index in [0.717, 1.165) is 0 Å². The summed E-state index contributed by atoms with van der Waals surface area (Å²) < 4.78 is 3.11. The van der Waals surface area contributed by atoms with Gasteiger partial charge in [-0.05, 0) is 0 Å². The first kappa shape index (κ1) is 46.4. The number of hydrogen-bond donors (Lipinski definition) is 0. The quantitative estimate of drug-likeness (QED) is 0.131. The molecule has 0 N–H and O–H groups in total. The molecule has 0 amide bonds. The number of benzene rings is 4. The summed E-state index contributed by atoms with van der Waals surface area (Å²) in [6.07, 6.45) is 9.75. The molecule has 2 aliphatic heterocycles. The summed E-state index contributed by atoms with van der Waals surface area (Å²) in [5.41, 5.74) is 17.2. The van der Waals surface area contributed by atoms with Crippen LogP contribution in [-0.4, -0.2) is 39.7 Å². The summed E-state index contributed by atoms with van der Waals surface area (Å²) >= 11 is -2.58. The average Bonchev–Trinajstić information content (AvgIpc) is 3.82. The van der Waals surface area contributed by atoms with E-state index in [2.05, 4.69) is 228 Å². The van der Waals surface area contributed by atoms with Gasteiger partial charge in [-0.15, -0.1) is 0 Å². The average molecular weight is 1010 g/mol. The van der Waals surface area contributed by atoms with Gasteiger partial charge in [-0.25, -0.2) is 0 Å². The standard InChI is InChI=1S/2C27H36N2.2Sn/c2*1-18(2)22-11-9-12-23(19(3)4)26(22)28-15-16-29(17-28)27-24(20(5)6)13-10-14-25(27)21(7)8;;/h2*9-16,18-21H,1-8H3;;. The van der Waals surface area contributed by atoms with Crippen molar-refractivity contribution < 1.29 is 0 Å². The Morgan fingerprint density at radius 2 is 0.417 bits per heavy atom. The van der Waals surface area contributed by atoms with Crippen LogP contribution in [0.2, 0.25) is 0 Å². The molecule has 0 bridgehead atoms. The third-order valence-corrected chi connectivity index (χ3v) is 27.6. The molecule has 0 atom stereocenters. The molecule has 0 fully saturated rings. The summed E-state index contributed by atoms with van der Waals surface area (Å²) in [7, 11) is 0. The maximum absolute atomic E-state index is 2.69. The van der Waals surface area contributed by atoms with Crippen LogP contribution < -0.4 is 19.6 Å². The van der Waals surface area contributed by atoms with Crippen molar-refractivity contribution in [1.29, 1.82) is 0 Å². The molecule has 4 aromatic carbocycles. The molecule has 60 heavy (non-hydrogen) atoms. The van der Waals surface area contributed by atoms with Crippen LogP contribution in [0.15, 0.2) is 97.6 Å². The molecule has 6 heteroatoms. The molecule has 0 unspecified atom stereocenters. The SMILES string of the molecule is CC(C)c1cccc(C(C)C)c1N1C=CN(c2c(C(C)C)cccc2C(C)C)[C]1=[Sn]=[Sn]=[C]1N(c2c(C(C)C)cccc2C(C)C)C=CN1c1c(C(C)C)cccc1C(C)C. The zero-order valence-corrected chi connectivity index (χ0v) is 45.4. The maximum atomic E-state index is 2.69. The van der Waals surface area contributed by atoms with E-state index in [1.807, 2.05) is 0 Å². The monoisotopic (exact) mass is 1020 g/mol. The van der Waals surface area contributed by atoms with Gasteiger partial charge in [-0.3, -0.25) is 0 Å². The summed E-state index contributed by atoms with van der Waals surface area (Å²) in [5, 5.41) is 0. The first-order valence-corrected chi connectivity index (χ1v) is 36.6. The second-order valence-corrected chi connectivity index (χ2v) is 32.9. The predicted molar refractivity (Wildman–Crippen MR) is 268 cm³/mol. The van der Waals surface area contributed by atoms with Gasteiger partial charge in [0.15, 0.2) is 0 Å². The Morgan fingerprint density at radius 3 is 0.550 bits per heavy atom. The molecular formula is C54H72N4Sn2. The van der Waals surface area contributed by atoms with E-state index in [1.54, 1.807) is 7.53 Å². The fraction of sp³-hybridized carbons (Fsp3) is 0.444. The van der Waals surface area contributed by atoms with Gasteiger partial charge in [-0.1, -0.05) is 0 Å². The Balaban J connectivity index is 1.81. The van der Waals surface area contributed by atoms with Gasteiger partial charge < -0.3 is 0 Å². The molecular weight excluding hydrogens is 942 g/mol. The Labute approximate surface area is 379 Å². The van der Waals surface area contributed by atoms with Crippen molar-refractivity contribution in [2.75, 3.05) is 19.6 Å². The van der Waals surface area contributed by atoms with Crippen LogP contribution in [0.4, 0.5) is 22.7 Å². The summed E-state index contributed by atoms with van der Waals surface area (Å²) in [5.74, 6) is 3.26. The molecule has 0 aliphatic carbocycles. The van der Waals surface area contributed by atoms with E-state index < -0.39 is 32.2 Å². The van der Waals surface area contributed by atoms with Crippen molar-refractivity contribution in [1.82, 2.24) is 0 Å². The van der Waals surface area contributed by atoms with Crippen molar-refractivity contribution in [3.63, 3.8) is 0 Å². The van der Waals surface area contributed by atoms with Gasteiger partial charge in [0.1, 0.15) is 0 Å². The number of para-hydroxylation sites is 4. The van der Waals surface area contributed by atoms with E-state index in [-0.39, 0.29) is 0 Å². The molecule has 0 saturated carbocycles. The van der Waals surface area contributed by atoms with E-state index in [4.69, 9.17) is 0 Å². The van der Waals surface area contributed by atoms with E-state index >= 15 is 0 Å². The predicted octanol–water partition coefficient (Wildman–Crippen LogP) is 14.5. The first-order valence-electron chi connectivity index (χ1n) is 22.8. The molecule has 0 aromatic heterocycles. The third kappa shape index (κ3) is 9.17. The molecule has 2 heterocycles. The van der Waals surface area contributed by atoms with Crippen LogP contribution in [0.25, 0.3) is 0 Å². The molecule has 6 rings (SSSR count). The van der Waals surface area contributed by atoms with Crippen molar-refractivity contribution in [2.24, 2.45) is 0 Å². The molecule has 0 spiro atoms. The third-order valence-electron chi connectivity index (χ3n) is 12.3. The summed E-state index contributed by atoms with van der Waals surface area (Å²) in [6.45, 7) is 37.9. The van der Waals surface area contributed by atoms with Crippen LogP contribution in [0.1, 0.15) is 203 Å². The Bertz CT molecular complexity index is 1940. The van der Waals surface area contributed by atoms with Gasteiger partial charge in [-0.2, -0.15) is 0 Å². The van der Waals surface area contributed by atoms with E-state index in [1.165, 1.54) is 67.3 Å². The fourth-order valence-corrected chi connectivity index (χ4v) is 26.7. The number of hydrogen-bond acceptors (Lipinski definition) is 4. The van der Waals surface area contributed by atoms with Gasteiger partial charge >= 0.3 is 382 Å². The van der Waals surface area contributed by atoms with Crippen molar-refractivity contribution in [2.45, 2.75) is 158 Å². The zero-order chi connectivity index (χ0) is 43.7. The van der Waals surface area contributed by atoms with E-state index in [9.17, 15) is 0 Å². The second-order valence-electron chi connectivity index (χ2n) is 19.4. The molecule has 316 valence electrons. The van der Waals surface area contributed by atoms with Gasteiger partial charge in [0, 0.05) is 0 Å². The van der Waals surface area contributed by atoms with Gasteiger partial charge in [0.05, 0.1) is 0 Å². The molecule has 4 nitrogen and oxygen atoms in total. The minimum absolute atomic E-state index is 0.408. The fourth-order valence-electron chi connectivity index (χ4n) is 9.02. The van der Waals surface area contributed by atoms with Crippen LogP contribution in [0.3, 0.4) is 0 Å². The van der Waals surface area contributed by atoms with Crippen molar-refractivity contribution >= 4 is 62.4 Å². The van der Waals surface area contributed by atoms with Crippen LogP contribution in [0, 0.1) is 0 Å². The van der Waals surface area contributed by atoms with Crippen LogP contribution >= 0.6 is 0 Å². The first-order chi connectivity index (χ1) is 28.5. The molecule has 0 saturated heterocycles.